The minimum absolute atomic E-state index is 0.766. The Morgan fingerprint density at radius 1 is 1.24 bits per heavy atom. The number of hydrogen-bond acceptors (Lipinski definition) is 7. The van der Waals surface area contributed by atoms with E-state index < -0.39 is 0 Å². The summed E-state index contributed by atoms with van der Waals surface area (Å²) in [6, 6.07) is 4.03. The van der Waals surface area contributed by atoms with E-state index in [0.717, 1.165) is 40.3 Å². The van der Waals surface area contributed by atoms with Crippen molar-refractivity contribution in [2.75, 3.05) is 12.3 Å². The summed E-state index contributed by atoms with van der Waals surface area (Å²) in [6.07, 6.45) is 5.26. The third kappa shape index (κ3) is 4.10. The largest absolute Gasteiger partial charge is 0.312 e. The highest BCUT2D eigenvalue weighted by molar-refractivity contribution is 7.99. The molecule has 0 aliphatic rings. The van der Waals surface area contributed by atoms with Crippen LogP contribution < -0.4 is 5.32 Å². The minimum Gasteiger partial charge on any atom is -0.312 e. The lowest BCUT2D eigenvalue weighted by atomic mass is 10.3. The highest BCUT2D eigenvalue weighted by Gasteiger charge is 2.02. The average Bonchev–Trinajstić information content (AvgIpc) is 3.21. The van der Waals surface area contributed by atoms with Crippen LogP contribution in [0, 0.1) is 0 Å². The molecule has 0 unspecified atom stereocenters. The highest BCUT2D eigenvalue weighted by atomic mass is 32.2. The Hall–Kier alpha value is -1.77. The molecule has 2 N–H and O–H groups in total. The number of H-pyrrole nitrogens is 1. The maximum atomic E-state index is 4.39. The number of thiophene rings is 1. The van der Waals surface area contributed by atoms with Crippen LogP contribution in [0.15, 0.2) is 41.4 Å². The van der Waals surface area contributed by atoms with E-state index in [0.29, 0.717) is 0 Å². The number of hydrogen-bond donors (Lipinski definition) is 2. The predicted molar refractivity (Wildman–Crippen MR) is 84.2 cm³/mol. The van der Waals surface area contributed by atoms with Crippen molar-refractivity contribution < 1.29 is 0 Å². The molecule has 0 radical (unpaired) electrons. The van der Waals surface area contributed by atoms with Crippen molar-refractivity contribution in [3.05, 3.63) is 41.8 Å². The minimum atomic E-state index is 0.766. The summed E-state index contributed by atoms with van der Waals surface area (Å²) in [4.78, 5) is 13.9. The lowest BCUT2D eigenvalue weighted by Crippen LogP contribution is -2.16. The van der Waals surface area contributed by atoms with E-state index in [1.54, 1.807) is 23.1 Å². The molecule has 0 spiro atoms. The number of nitrogens with one attached hydrogen (secondary N) is 2. The Labute approximate surface area is 130 Å². The summed E-state index contributed by atoms with van der Waals surface area (Å²) in [7, 11) is 0. The number of nitrogens with zero attached hydrogens (tertiary/aromatic N) is 4. The van der Waals surface area contributed by atoms with Crippen molar-refractivity contribution in [1.29, 1.82) is 0 Å². The number of thioether (sulfide) groups is 1. The molecule has 0 fully saturated rings. The quantitative estimate of drug-likeness (QED) is 0.513. The van der Waals surface area contributed by atoms with Crippen molar-refractivity contribution in [2.24, 2.45) is 0 Å². The summed E-state index contributed by atoms with van der Waals surface area (Å²) in [5.41, 5.74) is 1.08. The van der Waals surface area contributed by atoms with Gasteiger partial charge in [0.15, 0.2) is 11.0 Å². The number of rotatable bonds is 7. The summed E-state index contributed by atoms with van der Waals surface area (Å²) in [5, 5.41) is 12.9. The predicted octanol–water partition coefficient (Wildman–Crippen LogP) is 2.21. The zero-order chi connectivity index (χ0) is 14.3. The first-order valence-corrected chi connectivity index (χ1v) is 8.32. The van der Waals surface area contributed by atoms with Gasteiger partial charge in [0.25, 0.3) is 0 Å². The second-order valence-electron chi connectivity index (χ2n) is 4.21. The fourth-order valence-electron chi connectivity index (χ4n) is 1.70. The molecule has 3 rings (SSSR count). The Bertz CT molecular complexity index is 636. The molecular weight excluding hydrogens is 304 g/mol. The first-order chi connectivity index (χ1) is 10.4. The molecule has 3 aromatic heterocycles. The molecule has 108 valence electrons. The second kappa shape index (κ2) is 7.30. The van der Waals surface area contributed by atoms with Crippen LogP contribution in [0.3, 0.4) is 0 Å². The second-order valence-corrected chi connectivity index (χ2v) is 6.24. The van der Waals surface area contributed by atoms with Crippen LogP contribution in [0.2, 0.25) is 0 Å². The molecule has 0 aromatic carbocycles. The molecular formula is C13H14N6S2. The van der Waals surface area contributed by atoms with Gasteiger partial charge in [-0.15, -0.1) is 11.3 Å². The molecule has 0 amide bonds. The van der Waals surface area contributed by atoms with Crippen LogP contribution >= 0.6 is 23.1 Å². The van der Waals surface area contributed by atoms with Crippen molar-refractivity contribution in [3.63, 3.8) is 0 Å². The van der Waals surface area contributed by atoms with Gasteiger partial charge in [-0.2, -0.15) is 5.10 Å². The zero-order valence-electron chi connectivity index (χ0n) is 11.2. The first kappa shape index (κ1) is 14.2. The van der Waals surface area contributed by atoms with Crippen LogP contribution in [0.5, 0.6) is 0 Å². The van der Waals surface area contributed by atoms with E-state index >= 15 is 0 Å². The summed E-state index contributed by atoms with van der Waals surface area (Å²) < 4.78 is 0. The fraction of sp³-hybridized carbons (Fsp3) is 0.231. The maximum Gasteiger partial charge on any atom is 0.183 e. The zero-order valence-corrected chi connectivity index (χ0v) is 12.8. The van der Waals surface area contributed by atoms with Crippen molar-refractivity contribution in [3.8, 4) is 10.7 Å². The third-order valence-electron chi connectivity index (χ3n) is 2.69. The third-order valence-corrected chi connectivity index (χ3v) is 4.43. The molecule has 0 aliphatic carbocycles. The molecule has 6 nitrogen and oxygen atoms in total. The molecule has 0 aliphatic heterocycles. The molecule has 0 saturated carbocycles. The van der Waals surface area contributed by atoms with Crippen LogP contribution in [0.4, 0.5) is 0 Å². The Morgan fingerprint density at radius 3 is 2.86 bits per heavy atom. The summed E-state index contributed by atoms with van der Waals surface area (Å²) >= 11 is 3.29. The molecule has 0 atom stereocenters. The van der Waals surface area contributed by atoms with E-state index in [4.69, 9.17) is 0 Å². The van der Waals surface area contributed by atoms with Crippen LogP contribution in [-0.2, 0) is 6.54 Å². The van der Waals surface area contributed by atoms with Crippen LogP contribution in [0.25, 0.3) is 10.7 Å². The van der Waals surface area contributed by atoms with Gasteiger partial charge in [-0.3, -0.25) is 5.10 Å². The molecule has 3 aromatic rings. The normalized spacial score (nSPS) is 10.9. The van der Waals surface area contributed by atoms with E-state index in [9.17, 15) is 0 Å². The van der Waals surface area contributed by atoms with Gasteiger partial charge in [-0.1, -0.05) is 17.8 Å². The van der Waals surface area contributed by atoms with Gasteiger partial charge >= 0.3 is 0 Å². The highest BCUT2D eigenvalue weighted by Crippen LogP contribution is 2.20. The Balaban J connectivity index is 1.41. The molecule has 21 heavy (non-hydrogen) atoms. The SMILES string of the molecule is c1csc(-c2ncc(CNCCSc3ncn[nH]3)cn2)c1. The lowest BCUT2D eigenvalue weighted by molar-refractivity contribution is 0.726. The smallest absolute Gasteiger partial charge is 0.183 e. The van der Waals surface area contributed by atoms with Gasteiger partial charge in [-0.25, -0.2) is 15.0 Å². The fourth-order valence-corrected chi connectivity index (χ4v) is 3.05. The molecule has 0 saturated heterocycles. The standard InChI is InChI=1S/C13H14N6S2/c1-2-11(20-4-1)12-15-7-10(8-16-12)6-14-3-5-21-13-17-9-18-19-13/h1-2,4,7-9,14H,3,5-6H2,(H,17,18,19). The van der Waals surface area contributed by atoms with Crippen LogP contribution in [-0.4, -0.2) is 37.4 Å². The average molecular weight is 318 g/mol. The van der Waals surface area contributed by atoms with Crippen molar-refractivity contribution in [2.45, 2.75) is 11.7 Å². The van der Waals surface area contributed by atoms with Crippen molar-refractivity contribution in [1.82, 2.24) is 30.5 Å². The Kier molecular flexibility index (Phi) is 4.93. The summed E-state index contributed by atoms with van der Waals surface area (Å²) in [6.45, 7) is 1.65. The van der Waals surface area contributed by atoms with E-state index in [-0.39, 0.29) is 0 Å². The molecule has 0 bridgehead atoms. The van der Waals surface area contributed by atoms with E-state index in [1.165, 1.54) is 6.33 Å². The number of aromatic nitrogens is 5. The molecule has 8 heteroatoms. The maximum absolute atomic E-state index is 4.39. The van der Waals surface area contributed by atoms with Gasteiger partial charge in [0.2, 0.25) is 0 Å². The summed E-state index contributed by atoms with van der Waals surface area (Å²) in [5.74, 6) is 1.72. The topological polar surface area (TPSA) is 79.4 Å². The van der Waals surface area contributed by atoms with Gasteiger partial charge in [-0.05, 0) is 11.4 Å². The van der Waals surface area contributed by atoms with E-state index in [1.807, 2.05) is 29.9 Å². The van der Waals surface area contributed by atoms with E-state index in [2.05, 4.69) is 30.5 Å². The van der Waals surface area contributed by atoms with Gasteiger partial charge in [0, 0.05) is 36.8 Å². The molecule has 3 heterocycles. The Morgan fingerprint density at radius 2 is 2.14 bits per heavy atom. The van der Waals surface area contributed by atoms with Gasteiger partial charge in [0.05, 0.1) is 4.88 Å². The van der Waals surface area contributed by atoms with Crippen molar-refractivity contribution >= 4 is 23.1 Å². The number of aromatic amines is 1. The monoisotopic (exact) mass is 318 g/mol. The first-order valence-electron chi connectivity index (χ1n) is 6.45. The lowest BCUT2D eigenvalue weighted by Gasteiger charge is -2.04. The van der Waals surface area contributed by atoms with Gasteiger partial charge < -0.3 is 5.32 Å². The van der Waals surface area contributed by atoms with Gasteiger partial charge in [0.1, 0.15) is 6.33 Å². The van der Waals surface area contributed by atoms with Crippen LogP contribution in [0.1, 0.15) is 5.56 Å².